The van der Waals surface area contributed by atoms with Gasteiger partial charge in [-0.15, -0.1) is 0 Å². The van der Waals surface area contributed by atoms with E-state index in [1.54, 1.807) is 33.8 Å². The molecule has 0 aliphatic heterocycles. The lowest BCUT2D eigenvalue weighted by Gasteiger charge is -2.28. The number of carbonyl (C=O) groups excluding carboxylic acids is 1. The number of rotatable bonds is 6. The molecule has 0 bridgehead atoms. The molecule has 1 atom stereocenters. The number of benzene rings is 1. The van der Waals surface area contributed by atoms with Gasteiger partial charge in [0.1, 0.15) is 23.3 Å². The predicted octanol–water partition coefficient (Wildman–Crippen LogP) is 4.12. The number of amides is 1. The lowest BCUT2D eigenvalue weighted by Crippen LogP contribution is -2.40. The molecule has 0 saturated carbocycles. The Hall–Kier alpha value is -4.19. The van der Waals surface area contributed by atoms with Crippen LogP contribution in [0.4, 0.5) is 19.0 Å². The first-order valence-corrected chi connectivity index (χ1v) is 11.4. The summed E-state index contributed by atoms with van der Waals surface area (Å²) < 4.78 is 47.8. The molecule has 192 valence electrons. The summed E-state index contributed by atoms with van der Waals surface area (Å²) in [4.78, 5) is 28.5. The lowest BCUT2D eigenvalue weighted by molar-refractivity contribution is -0.137. The molecule has 0 saturated heterocycles. The number of pyridine rings is 1. The Kier molecular flexibility index (Phi) is 5.98. The molecule has 0 radical (unpaired) electrons. The van der Waals surface area contributed by atoms with Crippen LogP contribution >= 0.6 is 0 Å². The molecule has 1 unspecified atom stereocenters. The summed E-state index contributed by atoms with van der Waals surface area (Å²) in [6.45, 7) is 3.99. The number of nitrogens with zero attached hydrogens (tertiary/aromatic N) is 6. The van der Waals surface area contributed by atoms with Gasteiger partial charge in [-0.3, -0.25) is 9.20 Å². The number of nitrogens with two attached hydrogens (primary N) is 1. The van der Waals surface area contributed by atoms with Gasteiger partial charge in [-0.05, 0) is 44.2 Å². The highest BCUT2D eigenvalue weighted by Crippen LogP contribution is 2.29. The lowest BCUT2D eigenvalue weighted by atomic mass is 10.1. The predicted molar refractivity (Wildman–Crippen MR) is 131 cm³/mol. The highest BCUT2D eigenvalue weighted by Gasteiger charge is 2.31. The van der Waals surface area contributed by atoms with E-state index in [9.17, 15) is 18.0 Å². The maximum Gasteiger partial charge on any atom is 0.417 e. The van der Waals surface area contributed by atoms with Gasteiger partial charge in [-0.2, -0.15) is 13.2 Å². The molecule has 5 aromatic rings. The molecule has 0 aliphatic rings. The highest BCUT2D eigenvalue weighted by atomic mass is 19.4. The number of methoxy groups -OCH3 is 1. The molecule has 0 fully saturated rings. The molecule has 1 aromatic carbocycles. The number of anilines is 1. The molecule has 37 heavy (non-hydrogen) atoms. The van der Waals surface area contributed by atoms with Crippen LogP contribution in [-0.4, -0.2) is 54.3 Å². The third kappa shape index (κ3) is 4.44. The van der Waals surface area contributed by atoms with Crippen molar-refractivity contribution in [2.75, 3.05) is 19.5 Å². The maximum atomic E-state index is 13.7. The number of ether oxygens (including phenoxy) is 1. The van der Waals surface area contributed by atoms with E-state index in [2.05, 4.69) is 15.0 Å². The zero-order valence-corrected chi connectivity index (χ0v) is 20.3. The monoisotopic (exact) mass is 511 g/mol. The van der Waals surface area contributed by atoms with E-state index >= 15 is 0 Å². The van der Waals surface area contributed by atoms with Crippen LogP contribution in [0.25, 0.3) is 22.2 Å². The van der Waals surface area contributed by atoms with Crippen LogP contribution in [0.5, 0.6) is 0 Å². The van der Waals surface area contributed by atoms with Crippen LogP contribution in [0.1, 0.15) is 34.2 Å². The molecule has 0 aliphatic carbocycles. The smallest absolute Gasteiger partial charge is 0.383 e. The summed E-state index contributed by atoms with van der Waals surface area (Å²) in [6.07, 6.45) is -0.356. The molecule has 12 heteroatoms. The molecule has 4 aromatic heterocycles. The van der Waals surface area contributed by atoms with Gasteiger partial charge in [-0.1, -0.05) is 0 Å². The first kappa shape index (κ1) is 24.5. The van der Waals surface area contributed by atoms with Crippen molar-refractivity contribution in [1.29, 1.82) is 0 Å². The average molecular weight is 512 g/mol. The number of hydrogen-bond acceptors (Lipinski definition) is 6. The van der Waals surface area contributed by atoms with Crippen molar-refractivity contribution in [3.63, 3.8) is 0 Å². The van der Waals surface area contributed by atoms with Gasteiger partial charge in [0.15, 0.2) is 0 Å². The Morgan fingerprint density at radius 1 is 1.19 bits per heavy atom. The van der Waals surface area contributed by atoms with Crippen LogP contribution in [0, 0.1) is 6.92 Å². The third-order valence-electron chi connectivity index (χ3n) is 6.28. The van der Waals surface area contributed by atoms with Crippen LogP contribution in [0.15, 0.2) is 49.1 Å². The van der Waals surface area contributed by atoms with Crippen LogP contribution in [-0.2, 0) is 17.5 Å². The molecule has 4 heterocycles. The second kappa shape index (κ2) is 9.04. The largest absolute Gasteiger partial charge is 0.417 e. The fourth-order valence-electron chi connectivity index (χ4n) is 4.44. The minimum atomic E-state index is -4.47. The number of imidazole rings is 2. The number of carbonyl (C=O) groups is 1. The Morgan fingerprint density at radius 3 is 2.70 bits per heavy atom. The van der Waals surface area contributed by atoms with E-state index in [0.29, 0.717) is 39.3 Å². The Morgan fingerprint density at radius 2 is 1.97 bits per heavy atom. The number of nitrogen functional groups attached to an aromatic ring is 1. The van der Waals surface area contributed by atoms with Gasteiger partial charge in [0.25, 0.3) is 5.91 Å². The van der Waals surface area contributed by atoms with E-state index in [1.807, 2.05) is 13.8 Å². The zero-order chi connectivity index (χ0) is 26.5. The summed E-state index contributed by atoms with van der Waals surface area (Å²) in [5.74, 6) is 0.0544. The number of hydrogen-bond donors (Lipinski definition) is 1. The van der Waals surface area contributed by atoms with Crippen molar-refractivity contribution >= 4 is 33.9 Å². The zero-order valence-electron chi connectivity index (χ0n) is 20.3. The van der Waals surface area contributed by atoms with Crippen molar-refractivity contribution in [3.05, 3.63) is 71.6 Å². The van der Waals surface area contributed by atoms with Gasteiger partial charge in [-0.25, -0.2) is 15.0 Å². The van der Waals surface area contributed by atoms with Gasteiger partial charge < -0.3 is 19.8 Å². The topological polar surface area (TPSA) is 103 Å². The number of aryl methyl sites for hydroxylation is 1. The Labute approximate surface area is 209 Å². The number of aromatic nitrogens is 5. The van der Waals surface area contributed by atoms with E-state index in [1.165, 1.54) is 23.8 Å². The molecule has 2 N–H and O–H groups in total. The number of alkyl halides is 3. The summed E-state index contributed by atoms with van der Waals surface area (Å²) >= 11 is 0. The Balaban J connectivity index is 1.52. The van der Waals surface area contributed by atoms with Crippen molar-refractivity contribution in [1.82, 2.24) is 28.7 Å². The standard InChI is InChI=1S/C25H24F3N7O2/c1-14(12-37-3)34(11-18-10-33-9-17(25(26,27)28)5-7-21(33)31-18)24(36)16-4-6-19-20(8-16)35-13-30-15(2)22(35)23(29)32-19/h4-10,13-14H,11-12H2,1-3H3,(H2,29,32). The molecule has 5 rings (SSSR count). The normalized spacial score (nSPS) is 13.0. The first-order chi connectivity index (χ1) is 17.6. The second-order valence-electron chi connectivity index (χ2n) is 8.90. The summed E-state index contributed by atoms with van der Waals surface area (Å²) in [6, 6.07) is 7.05. The van der Waals surface area contributed by atoms with Crippen LogP contribution in [0.2, 0.25) is 0 Å². The summed E-state index contributed by atoms with van der Waals surface area (Å²) in [5, 5.41) is 0. The molecule has 1 amide bonds. The molecule has 0 spiro atoms. The van der Waals surface area contributed by atoms with Gasteiger partial charge in [0.2, 0.25) is 0 Å². The van der Waals surface area contributed by atoms with Crippen molar-refractivity contribution in [3.8, 4) is 0 Å². The highest BCUT2D eigenvalue weighted by molar-refractivity contribution is 5.98. The SMILES string of the molecule is COCC(C)N(Cc1cn2cc(C(F)(F)F)ccc2n1)C(=O)c1ccc2nc(N)c3c(C)ncn3c2c1. The fraction of sp³-hybridized carbons (Fsp3) is 0.280. The fourth-order valence-corrected chi connectivity index (χ4v) is 4.44. The summed E-state index contributed by atoms with van der Waals surface area (Å²) in [7, 11) is 1.53. The molecule has 9 nitrogen and oxygen atoms in total. The Bertz CT molecular complexity index is 1640. The third-order valence-corrected chi connectivity index (χ3v) is 6.28. The van der Waals surface area contributed by atoms with Crippen molar-refractivity contribution in [2.45, 2.75) is 32.6 Å². The van der Waals surface area contributed by atoms with Crippen molar-refractivity contribution in [2.24, 2.45) is 0 Å². The molecular weight excluding hydrogens is 487 g/mol. The quantitative estimate of drug-likeness (QED) is 0.368. The van der Waals surface area contributed by atoms with E-state index in [-0.39, 0.29) is 25.1 Å². The number of fused-ring (bicyclic) bond motifs is 4. The van der Waals surface area contributed by atoms with Gasteiger partial charge in [0, 0.05) is 25.1 Å². The minimum absolute atomic E-state index is 0.0734. The summed E-state index contributed by atoms with van der Waals surface area (Å²) in [5.41, 5.74) is 9.19. The van der Waals surface area contributed by atoms with Crippen LogP contribution in [0.3, 0.4) is 0 Å². The van der Waals surface area contributed by atoms with Crippen LogP contribution < -0.4 is 5.73 Å². The van der Waals surface area contributed by atoms with Crippen molar-refractivity contribution < 1.29 is 22.7 Å². The van der Waals surface area contributed by atoms with Gasteiger partial charge >= 0.3 is 6.18 Å². The average Bonchev–Trinajstić information content (AvgIpc) is 3.44. The van der Waals surface area contributed by atoms with E-state index in [0.717, 1.165) is 18.0 Å². The molecular formula is C25H24F3N7O2. The van der Waals surface area contributed by atoms with E-state index in [4.69, 9.17) is 10.5 Å². The number of halogens is 3. The minimum Gasteiger partial charge on any atom is -0.383 e. The van der Waals surface area contributed by atoms with E-state index < -0.39 is 11.7 Å². The van der Waals surface area contributed by atoms with Gasteiger partial charge in [0.05, 0.1) is 47.2 Å². The second-order valence-corrected chi connectivity index (χ2v) is 8.90. The first-order valence-electron chi connectivity index (χ1n) is 11.4. The maximum absolute atomic E-state index is 13.7.